The fraction of sp³-hybridized carbons (Fsp3) is 0.238. The van der Waals surface area contributed by atoms with Gasteiger partial charge in [-0.25, -0.2) is 0 Å². The summed E-state index contributed by atoms with van der Waals surface area (Å²) in [5.74, 6) is -0.471. The predicted octanol–water partition coefficient (Wildman–Crippen LogP) is 4.18. The monoisotopic (exact) mass is 427 g/mol. The average Bonchev–Trinajstić information content (AvgIpc) is 3.03. The zero-order valence-corrected chi connectivity index (χ0v) is 16.9. The minimum Gasteiger partial charge on any atom is -0.361 e. The summed E-state index contributed by atoms with van der Waals surface area (Å²) in [6.45, 7) is 3.49. The van der Waals surface area contributed by atoms with Crippen molar-refractivity contribution < 1.29 is 9.59 Å². The van der Waals surface area contributed by atoms with Crippen LogP contribution in [0.2, 0.25) is 0 Å². The molecule has 2 aromatic carbocycles. The molecule has 0 aliphatic rings. The van der Waals surface area contributed by atoms with Gasteiger partial charge in [0.2, 0.25) is 11.8 Å². The zero-order valence-electron chi connectivity index (χ0n) is 15.3. The fourth-order valence-electron chi connectivity index (χ4n) is 3.09. The predicted molar refractivity (Wildman–Crippen MR) is 112 cm³/mol. The first-order valence-electron chi connectivity index (χ1n) is 8.88. The van der Waals surface area contributed by atoms with Gasteiger partial charge in [-0.2, -0.15) is 0 Å². The summed E-state index contributed by atoms with van der Waals surface area (Å²) in [5.41, 5.74) is 3.84. The van der Waals surface area contributed by atoms with E-state index in [2.05, 4.69) is 38.5 Å². The van der Waals surface area contributed by atoms with Crippen molar-refractivity contribution in [2.24, 2.45) is 0 Å². The van der Waals surface area contributed by atoms with Gasteiger partial charge in [0.15, 0.2) is 0 Å². The number of fused-ring (bicyclic) bond motifs is 1. The van der Waals surface area contributed by atoms with Crippen LogP contribution in [0.4, 0.5) is 5.69 Å². The van der Waals surface area contributed by atoms with Gasteiger partial charge >= 0.3 is 0 Å². The topological polar surface area (TPSA) is 74.0 Å². The Morgan fingerprint density at radius 3 is 2.74 bits per heavy atom. The summed E-state index contributed by atoms with van der Waals surface area (Å²) in [7, 11) is 0. The number of aromatic amines is 1. The number of hydrogen-bond donors (Lipinski definition) is 3. The minimum atomic E-state index is -0.661. The number of carbonyl (C=O) groups excluding carboxylic acids is 2. The highest BCUT2D eigenvalue weighted by Gasteiger charge is 2.22. The van der Waals surface area contributed by atoms with E-state index in [-0.39, 0.29) is 11.8 Å². The van der Waals surface area contributed by atoms with Gasteiger partial charge in [0.25, 0.3) is 0 Å². The maximum atomic E-state index is 12.8. The Balaban J connectivity index is 1.83. The average molecular weight is 428 g/mol. The maximum absolute atomic E-state index is 12.8. The van der Waals surface area contributed by atoms with Gasteiger partial charge in [-0.15, -0.1) is 0 Å². The molecule has 0 radical (unpaired) electrons. The Bertz CT molecular complexity index is 980. The summed E-state index contributed by atoms with van der Waals surface area (Å²) in [6, 6.07) is 13.0. The number of carbonyl (C=O) groups is 2. The second-order valence-corrected chi connectivity index (χ2v) is 7.42. The first-order chi connectivity index (χ1) is 13.0. The molecule has 3 N–H and O–H groups in total. The lowest BCUT2D eigenvalue weighted by Gasteiger charge is -2.18. The third kappa shape index (κ3) is 4.77. The molecule has 0 spiro atoms. The van der Waals surface area contributed by atoms with Crippen LogP contribution in [0.5, 0.6) is 0 Å². The van der Waals surface area contributed by atoms with E-state index in [4.69, 9.17) is 0 Å². The second-order valence-electron chi connectivity index (χ2n) is 6.50. The second kappa shape index (κ2) is 8.39. The van der Waals surface area contributed by atoms with Crippen molar-refractivity contribution in [3.63, 3.8) is 0 Å². The van der Waals surface area contributed by atoms with Crippen LogP contribution < -0.4 is 10.6 Å². The molecule has 2 amide bonds. The highest BCUT2D eigenvalue weighted by Crippen LogP contribution is 2.24. The van der Waals surface area contributed by atoms with Crippen LogP contribution in [0.25, 0.3) is 10.9 Å². The molecule has 0 bridgehead atoms. The van der Waals surface area contributed by atoms with E-state index in [0.717, 1.165) is 38.6 Å². The van der Waals surface area contributed by atoms with E-state index < -0.39 is 6.04 Å². The number of rotatable bonds is 6. The van der Waals surface area contributed by atoms with E-state index in [1.54, 1.807) is 0 Å². The molecule has 5 nitrogen and oxygen atoms in total. The lowest BCUT2D eigenvalue weighted by molar-refractivity contribution is -0.125. The highest BCUT2D eigenvalue weighted by atomic mass is 79.9. The van der Waals surface area contributed by atoms with E-state index in [9.17, 15) is 9.59 Å². The molecule has 0 saturated heterocycles. The van der Waals surface area contributed by atoms with Gasteiger partial charge in [-0.1, -0.05) is 35.0 Å². The smallest absolute Gasteiger partial charge is 0.247 e. The van der Waals surface area contributed by atoms with Gasteiger partial charge in [0.1, 0.15) is 6.04 Å². The van der Waals surface area contributed by atoms with Gasteiger partial charge in [0.05, 0.1) is 0 Å². The van der Waals surface area contributed by atoms with Crippen molar-refractivity contribution in [1.82, 2.24) is 10.3 Å². The maximum Gasteiger partial charge on any atom is 0.247 e. The first kappa shape index (κ1) is 19.2. The lowest BCUT2D eigenvalue weighted by atomic mass is 10.0. The van der Waals surface area contributed by atoms with Crippen molar-refractivity contribution in [1.29, 1.82) is 0 Å². The molecule has 1 aromatic heterocycles. The van der Waals surface area contributed by atoms with Crippen LogP contribution in [-0.2, 0) is 22.4 Å². The quantitative estimate of drug-likeness (QED) is 0.551. The molecule has 0 aliphatic carbocycles. The Hall–Kier alpha value is -2.60. The largest absolute Gasteiger partial charge is 0.361 e. The molecular weight excluding hydrogens is 406 g/mol. The molecular formula is C21H22BrN3O2. The van der Waals surface area contributed by atoms with E-state index >= 15 is 0 Å². The van der Waals surface area contributed by atoms with Crippen molar-refractivity contribution in [2.45, 2.75) is 32.7 Å². The first-order valence-corrected chi connectivity index (χ1v) is 9.68. The van der Waals surface area contributed by atoms with Crippen molar-refractivity contribution >= 4 is 44.3 Å². The molecule has 3 aromatic rings. The summed E-state index contributed by atoms with van der Waals surface area (Å²) in [6.07, 6.45) is 3.18. The highest BCUT2D eigenvalue weighted by molar-refractivity contribution is 9.10. The number of nitrogens with one attached hydrogen (secondary N) is 3. The van der Waals surface area contributed by atoms with E-state index in [1.165, 1.54) is 6.92 Å². The van der Waals surface area contributed by atoms with Crippen LogP contribution in [0.1, 0.15) is 25.0 Å². The van der Waals surface area contributed by atoms with Crippen LogP contribution in [-0.4, -0.2) is 22.8 Å². The number of aromatic nitrogens is 1. The van der Waals surface area contributed by atoms with Gasteiger partial charge in [0, 0.05) is 40.6 Å². The lowest BCUT2D eigenvalue weighted by Crippen LogP contribution is -2.44. The third-order valence-electron chi connectivity index (χ3n) is 4.45. The van der Waals surface area contributed by atoms with E-state index in [0.29, 0.717) is 6.42 Å². The molecule has 0 aliphatic heterocycles. The van der Waals surface area contributed by atoms with Crippen LogP contribution >= 0.6 is 15.9 Å². The standard InChI is InChI=1S/C21H22BrN3O2/c1-3-14-5-4-6-17(9-14)25-21(27)20(24-13(2)26)10-15-12-23-19-8-7-16(22)11-18(15)19/h4-9,11-12,20,23H,3,10H2,1-2H3,(H,24,26)(H,25,27)/t20-/m1/s1. The minimum absolute atomic E-state index is 0.234. The zero-order chi connectivity index (χ0) is 19.4. The molecule has 0 saturated carbocycles. The van der Waals surface area contributed by atoms with Crippen LogP contribution in [0.3, 0.4) is 0 Å². The van der Waals surface area contributed by atoms with Gasteiger partial charge in [-0.3, -0.25) is 9.59 Å². The number of amides is 2. The summed E-state index contributed by atoms with van der Waals surface area (Å²) in [5, 5.41) is 6.72. The van der Waals surface area contributed by atoms with Crippen molar-refractivity contribution in [2.75, 3.05) is 5.32 Å². The van der Waals surface area contributed by atoms with Crippen molar-refractivity contribution in [3.05, 3.63) is 64.3 Å². The molecule has 27 heavy (non-hydrogen) atoms. The fourth-order valence-corrected chi connectivity index (χ4v) is 3.45. The Morgan fingerprint density at radius 1 is 1.19 bits per heavy atom. The normalized spacial score (nSPS) is 12.0. The Kier molecular flexibility index (Phi) is 5.96. The number of benzene rings is 2. The van der Waals surface area contributed by atoms with Crippen molar-refractivity contribution in [3.8, 4) is 0 Å². The van der Waals surface area contributed by atoms with Crippen LogP contribution in [0, 0.1) is 0 Å². The van der Waals surface area contributed by atoms with Crippen LogP contribution in [0.15, 0.2) is 53.1 Å². The Morgan fingerprint density at radius 2 is 2.00 bits per heavy atom. The molecule has 0 fully saturated rings. The third-order valence-corrected chi connectivity index (χ3v) is 4.94. The molecule has 140 valence electrons. The molecule has 0 unspecified atom stereocenters. The SMILES string of the molecule is CCc1cccc(NC(=O)[C@@H](Cc2c[nH]c3ccc(Br)cc23)NC(C)=O)c1. The number of halogens is 1. The number of aryl methyl sites for hydroxylation is 1. The summed E-state index contributed by atoms with van der Waals surface area (Å²) < 4.78 is 0.966. The summed E-state index contributed by atoms with van der Waals surface area (Å²) in [4.78, 5) is 27.7. The van der Waals surface area contributed by atoms with Gasteiger partial charge < -0.3 is 15.6 Å². The van der Waals surface area contributed by atoms with Gasteiger partial charge in [-0.05, 0) is 47.9 Å². The Labute approximate surface area is 166 Å². The van der Waals surface area contributed by atoms with E-state index in [1.807, 2.05) is 48.7 Å². The molecule has 1 heterocycles. The molecule has 1 atom stereocenters. The number of H-pyrrole nitrogens is 1. The molecule has 3 rings (SSSR count). The molecule has 6 heteroatoms. The number of hydrogen-bond acceptors (Lipinski definition) is 2. The summed E-state index contributed by atoms with van der Waals surface area (Å²) >= 11 is 3.48. The number of anilines is 1.